The van der Waals surface area contributed by atoms with Crippen LogP contribution in [0, 0.1) is 6.92 Å². The first-order chi connectivity index (χ1) is 9.09. The standard InChI is InChI=1S/C12H16ClNO4S2/c1-8-4-10(6-11(5-8)20(13,17)18)12(15)14-9(2)7-19(3)16/h4-6,9H,7H2,1-3H3,(H,14,15). The van der Waals surface area contributed by atoms with Crippen molar-refractivity contribution >= 4 is 36.4 Å². The molecular weight excluding hydrogens is 322 g/mol. The van der Waals surface area contributed by atoms with Crippen molar-refractivity contribution in [2.45, 2.75) is 24.8 Å². The summed E-state index contributed by atoms with van der Waals surface area (Å²) in [5.41, 5.74) is 0.821. The molecule has 0 aliphatic carbocycles. The highest BCUT2D eigenvalue weighted by Gasteiger charge is 2.16. The third-order valence-corrected chi connectivity index (χ3v) is 4.76. The van der Waals surface area contributed by atoms with E-state index in [2.05, 4.69) is 5.32 Å². The zero-order chi connectivity index (χ0) is 15.5. The van der Waals surface area contributed by atoms with Crippen molar-refractivity contribution in [2.24, 2.45) is 0 Å². The van der Waals surface area contributed by atoms with Crippen molar-refractivity contribution < 1.29 is 17.4 Å². The van der Waals surface area contributed by atoms with E-state index >= 15 is 0 Å². The maximum absolute atomic E-state index is 12.0. The molecule has 0 radical (unpaired) electrons. The number of carbonyl (C=O) groups excluding carboxylic acids is 1. The third-order valence-electron chi connectivity index (χ3n) is 2.46. The first kappa shape index (κ1) is 17.1. The molecule has 0 fully saturated rings. The number of rotatable bonds is 5. The number of hydrogen-bond acceptors (Lipinski definition) is 4. The molecule has 1 aromatic carbocycles. The Morgan fingerprint density at radius 3 is 2.50 bits per heavy atom. The molecule has 0 saturated heterocycles. The van der Waals surface area contributed by atoms with Gasteiger partial charge in [-0.2, -0.15) is 0 Å². The molecule has 2 unspecified atom stereocenters. The van der Waals surface area contributed by atoms with Crippen LogP contribution in [0.1, 0.15) is 22.8 Å². The molecule has 0 bridgehead atoms. The SMILES string of the molecule is Cc1cc(C(=O)NC(C)CS(C)=O)cc(S(=O)(=O)Cl)c1. The van der Waals surface area contributed by atoms with E-state index in [-0.39, 0.29) is 16.5 Å². The van der Waals surface area contributed by atoms with Gasteiger partial charge in [-0.05, 0) is 37.6 Å². The third kappa shape index (κ3) is 5.22. The van der Waals surface area contributed by atoms with Gasteiger partial charge >= 0.3 is 0 Å². The summed E-state index contributed by atoms with van der Waals surface area (Å²) in [7, 11) is 0.374. The summed E-state index contributed by atoms with van der Waals surface area (Å²) in [6.07, 6.45) is 1.55. The minimum Gasteiger partial charge on any atom is -0.349 e. The number of hydrogen-bond donors (Lipinski definition) is 1. The minimum atomic E-state index is -3.89. The van der Waals surface area contributed by atoms with Crippen molar-refractivity contribution in [1.82, 2.24) is 5.32 Å². The predicted molar refractivity (Wildman–Crippen MR) is 80.1 cm³/mol. The number of benzene rings is 1. The van der Waals surface area contributed by atoms with Gasteiger partial charge in [0.2, 0.25) is 0 Å². The molecule has 112 valence electrons. The number of carbonyl (C=O) groups is 1. The largest absolute Gasteiger partial charge is 0.349 e. The van der Waals surface area contributed by atoms with Gasteiger partial charge in [-0.15, -0.1) is 0 Å². The van der Waals surface area contributed by atoms with E-state index in [0.29, 0.717) is 11.3 Å². The molecule has 1 N–H and O–H groups in total. The van der Waals surface area contributed by atoms with Gasteiger partial charge in [0.05, 0.1) is 4.90 Å². The Bertz CT molecular complexity index is 643. The predicted octanol–water partition coefficient (Wildman–Crippen LogP) is 1.42. The maximum Gasteiger partial charge on any atom is 0.261 e. The Morgan fingerprint density at radius 2 is 2.00 bits per heavy atom. The molecule has 5 nitrogen and oxygen atoms in total. The zero-order valence-corrected chi connectivity index (χ0v) is 13.7. The minimum absolute atomic E-state index is 0.115. The van der Waals surface area contributed by atoms with E-state index in [0.717, 1.165) is 0 Å². The lowest BCUT2D eigenvalue weighted by Gasteiger charge is -2.13. The van der Waals surface area contributed by atoms with Gasteiger partial charge in [-0.3, -0.25) is 9.00 Å². The van der Waals surface area contributed by atoms with E-state index in [1.807, 2.05) is 0 Å². The summed E-state index contributed by atoms with van der Waals surface area (Å²) < 4.78 is 33.7. The van der Waals surface area contributed by atoms with Crippen LogP contribution >= 0.6 is 10.7 Å². The van der Waals surface area contributed by atoms with E-state index in [9.17, 15) is 17.4 Å². The molecule has 0 spiro atoms. The Hall–Kier alpha value is -0.920. The van der Waals surface area contributed by atoms with Crippen LogP contribution in [0.3, 0.4) is 0 Å². The van der Waals surface area contributed by atoms with Crippen LogP contribution in [0.25, 0.3) is 0 Å². The van der Waals surface area contributed by atoms with E-state index in [4.69, 9.17) is 10.7 Å². The summed E-state index contributed by atoms with van der Waals surface area (Å²) >= 11 is 0. The lowest BCUT2D eigenvalue weighted by atomic mass is 10.1. The van der Waals surface area contributed by atoms with Crippen molar-refractivity contribution in [1.29, 1.82) is 0 Å². The number of aryl methyl sites for hydroxylation is 1. The van der Waals surface area contributed by atoms with Gasteiger partial charge in [-0.1, -0.05) is 0 Å². The van der Waals surface area contributed by atoms with Crippen LogP contribution in [0.5, 0.6) is 0 Å². The monoisotopic (exact) mass is 337 g/mol. The van der Waals surface area contributed by atoms with Gasteiger partial charge in [-0.25, -0.2) is 8.42 Å². The average Bonchev–Trinajstić information content (AvgIpc) is 2.25. The smallest absolute Gasteiger partial charge is 0.261 e. The Kier molecular flexibility index (Phi) is 5.73. The normalized spacial score (nSPS) is 14.6. The van der Waals surface area contributed by atoms with Gasteiger partial charge in [0.15, 0.2) is 0 Å². The average molecular weight is 338 g/mol. The maximum atomic E-state index is 12.0. The second-order valence-electron chi connectivity index (χ2n) is 4.59. The zero-order valence-electron chi connectivity index (χ0n) is 11.3. The van der Waals surface area contributed by atoms with Crippen molar-refractivity contribution in [2.75, 3.05) is 12.0 Å². The Morgan fingerprint density at radius 1 is 1.40 bits per heavy atom. The van der Waals surface area contributed by atoms with Crippen LogP contribution < -0.4 is 5.32 Å². The molecule has 0 heterocycles. The van der Waals surface area contributed by atoms with Crippen LogP contribution in [0.4, 0.5) is 0 Å². The fraction of sp³-hybridized carbons (Fsp3) is 0.417. The second kappa shape index (κ2) is 6.69. The molecule has 0 saturated carbocycles. The van der Waals surface area contributed by atoms with E-state index in [1.165, 1.54) is 12.1 Å². The highest BCUT2D eigenvalue weighted by molar-refractivity contribution is 8.13. The molecule has 0 aliphatic heterocycles. The van der Waals surface area contributed by atoms with Gasteiger partial charge in [0.1, 0.15) is 0 Å². The van der Waals surface area contributed by atoms with E-state index < -0.39 is 25.8 Å². The molecule has 0 aromatic heterocycles. The fourth-order valence-electron chi connectivity index (χ4n) is 1.72. The lowest BCUT2D eigenvalue weighted by Crippen LogP contribution is -2.36. The Balaban J connectivity index is 2.99. The molecule has 1 amide bonds. The molecule has 2 atom stereocenters. The number of nitrogens with one attached hydrogen (secondary N) is 1. The first-order valence-corrected chi connectivity index (χ1v) is 9.80. The topological polar surface area (TPSA) is 80.3 Å². The molecule has 1 rings (SSSR count). The van der Waals surface area contributed by atoms with Crippen LogP contribution in [0.2, 0.25) is 0 Å². The van der Waals surface area contributed by atoms with Crippen molar-refractivity contribution in [3.63, 3.8) is 0 Å². The van der Waals surface area contributed by atoms with Gasteiger partial charge in [0, 0.05) is 45.1 Å². The van der Waals surface area contributed by atoms with Crippen LogP contribution in [-0.4, -0.2) is 36.6 Å². The number of amides is 1. The van der Waals surface area contributed by atoms with Crippen LogP contribution in [0.15, 0.2) is 23.1 Å². The van der Waals surface area contributed by atoms with Crippen molar-refractivity contribution in [3.8, 4) is 0 Å². The van der Waals surface area contributed by atoms with Crippen molar-refractivity contribution in [3.05, 3.63) is 29.3 Å². The summed E-state index contributed by atoms with van der Waals surface area (Å²) in [6.45, 7) is 3.40. The lowest BCUT2D eigenvalue weighted by molar-refractivity contribution is 0.0943. The molecule has 0 aliphatic rings. The highest BCUT2D eigenvalue weighted by Crippen LogP contribution is 2.18. The van der Waals surface area contributed by atoms with Crippen LogP contribution in [-0.2, 0) is 19.9 Å². The Labute approximate surface area is 125 Å². The summed E-state index contributed by atoms with van der Waals surface area (Å²) in [5, 5.41) is 2.66. The quantitative estimate of drug-likeness (QED) is 0.824. The second-order valence-corrected chi connectivity index (χ2v) is 8.63. The molecule has 1 aromatic rings. The molecular formula is C12H16ClNO4S2. The fourth-order valence-corrected chi connectivity index (χ4v) is 3.37. The summed E-state index contributed by atoms with van der Waals surface area (Å²) in [6, 6.07) is 3.91. The highest BCUT2D eigenvalue weighted by atomic mass is 35.7. The summed E-state index contributed by atoms with van der Waals surface area (Å²) in [5.74, 6) is -0.0914. The van der Waals surface area contributed by atoms with Gasteiger partial charge < -0.3 is 5.32 Å². The summed E-state index contributed by atoms with van der Waals surface area (Å²) in [4.78, 5) is 11.9. The molecule has 8 heteroatoms. The first-order valence-electron chi connectivity index (χ1n) is 5.77. The molecule has 20 heavy (non-hydrogen) atoms. The van der Waals surface area contributed by atoms with Gasteiger partial charge in [0.25, 0.3) is 15.0 Å². The number of halogens is 1. The van der Waals surface area contributed by atoms with E-state index in [1.54, 1.807) is 26.2 Å².